The van der Waals surface area contributed by atoms with Gasteiger partial charge in [-0.05, 0) is 24.5 Å². The van der Waals surface area contributed by atoms with Gasteiger partial charge in [-0.25, -0.2) is 0 Å². The number of amides is 2. The van der Waals surface area contributed by atoms with E-state index in [0.29, 0.717) is 35.2 Å². The van der Waals surface area contributed by atoms with Crippen LogP contribution in [-0.4, -0.2) is 56.6 Å². The molecule has 0 unspecified atom stereocenters. The Hall–Kier alpha value is -2.45. The number of carbonyl (C=O) groups excluding carboxylic acids is 2. The first-order valence-electron chi connectivity index (χ1n) is 9.43. The first kappa shape index (κ1) is 21.3. The predicted molar refractivity (Wildman–Crippen MR) is 117 cm³/mol. The van der Waals surface area contributed by atoms with E-state index >= 15 is 0 Å². The maximum atomic E-state index is 12.6. The average Bonchev–Trinajstić information content (AvgIpc) is 3.00. The molecule has 2 fully saturated rings. The van der Waals surface area contributed by atoms with Gasteiger partial charge >= 0.3 is 5.97 Å². The highest BCUT2D eigenvalue weighted by atomic mass is 32.2. The van der Waals surface area contributed by atoms with Gasteiger partial charge in [0, 0.05) is 26.1 Å². The number of piperidine rings is 1. The zero-order chi connectivity index (χ0) is 20.8. The number of allylic oxidation sites excluding steroid dienone is 2. The summed E-state index contributed by atoms with van der Waals surface area (Å²) >= 11 is 6.54. The Balaban J connectivity index is 1.51. The molecule has 8 heteroatoms. The van der Waals surface area contributed by atoms with E-state index in [1.54, 1.807) is 11.0 Å². The van der Waals surface area contributed by atoms with Crippen molar-refractivity contribution in [1.29, 1.82) is 0 Å². The van der Waals surface area contributed by atoms with E-state index < -0.39 is 5.97 Å². The van der Waals surface area contributed by atoms with Crippen LogP contribution >= 0.6 is 24.0 Å². The maximum absolute atomic E-state index is 12.6. The van der Waals surface area contributed by atoms with E-state index in [0.717, 1.165) is 5.56 Å². The van der Waals surface area contributed by atoms with Crippen LogP contribution in [0.4, 0.5) is 0 Å². The Morgan fingerprint density at radius 2 is 1.90 bits per heavy atom. The van der Waals surface area contributed by atoms with Gasteiger partial charge in [0.15, 0.2) is 0 Å². The molecule has 3 rings (SSSR count). The van der Waals surface area contributed by atoms with Crippen LogP contribution < -0.4 is 0 Å². The lowest BCUT2D eigenvalue weighted by Crippen LogP contribution is -2.41. The van der Waals surface area contributed by atoms with E-state index in [9.17, 15) is 14.4 Å². The van der Waals surface area contributed by atoms with Gasteiger partial charge in [0.2, 0.25) is 5.91 Å². The molecule has 2 amide bonds. The first-order valence-corrected chi connectivity index (χ1v) is 10.7. The van der Waals surface area contributed by atoms with Crippen LogP contribution in [0.3, 0.4) is 0 Å². The molecule has 2 heterocycles. The third-order valence-corrected chi connectivity index (χ3v) is 6.35. The third kappa shape index (κ3) is 5.55. The summed E-state index contributed by atoms with van der Waals surface area (Å²) in [6, 6.07) is 9.78. The Morgan fingerprint density at radius 3 is 2.55 bits per heavy atom. The highest BCUT2D eigenvalue weighted by Gasteiger charge is 2.33. The monoisotopic (exact) mass is 430 g/mol. The lowest BCUT2D eigenvalue weighted by molar-refractivity contribution is -0.145. The molecule has 0 aromatic heterocycles. The van der Waals surface area contributed by atoms with Crippen LogP contribution in [0.25, 0.3) is 6.08 Å². The standard InChI is InChI=1S/C21H22N2O4S2/c24-18(22-12-9-16(10-13-22)20(26)27)11-14-23-19(25)17(29-21(23)28)8-4-7-15-5-2-1-3-6-15/h1-8,16H,9-14H2,(H,26,27). The Bertz CT molecular complexity index is 859. The third-order valence-electron chi connectivity index (χ3n) is 4.96. The van der Waals surface area contributed by atoms with Gasteiger partial charge in [0.05, 0.1) is 10.8 Å². The van der Waals surface area contributed by atoms with Crippen LogP contribution in [-0.2, 0) is 14.4 Å². The van der Waals surface area contributed by atoms with Gasteiger partial charge in [0.1, 0.15) is 4.32 Å². The minimum Gasteiger partial charge on any atom is -0.481 e. The van der Waals surface area contributed by atoms with Gasteiger partial charge in [-0.1, -0.05) is 66.5 Å². The summed E-state index contributed by atoms with van der Waals surface area (Å²) in [5.74, 6) is -1.44. The van der Waals surface area contributed by atoms with Crippen LogP contribution in [0.5, 0.6) is 0 Å². The SMILES string of the molecule is O=C(O)C1CCN(C(=O)CCN2C(=O)C(=CC=Cc3ccccc3)SC2=S)CC1. The summed E-state index contributed by atoms with van der Waals surface area (Å²) in [5.41, 5.74) is 1.04. The number of carboxylic acid groups (broad SMARTS) is 1. The van der Waals surface area contributed by atoms with E-state index in [-0.39, 0.29) is 30.7 Å². The van der Waals surface area contributed by atoms with Crippen molar-refractivity contribution in [2.45, 2.75) is 19.3 Å². The number of thiocarbonyl (C=S) groups is 1. The summed E-state index contributed by atoms with van der Waals surface area (Å²) in [5, 5.41) is 9.05. The minimum atomic E-state index is -0.803. The van der Waals surface area contributed by atoms with Crippen molar-refractivity contribution >= 4 is 52.2 Å². The van der Waals surface area contributed by atoms with Crippen LogP contribution in [0.2, 0.25) is 0 Å². The first-order chi connectivity index (χ1) is 14.0. The number of carbonyl (C=O) groups is 3. The van der Waals surface area contributed by atoms with Gasteiger partial charge in [-0.2, -0.15) is 0 Å². The quantitative estimate of drug-likeness (QED) is 0.552. The Kier molecular flexibility index (Phi) is 7.22. The van der Waals surface area contributed by atoms with Gasteiger partial charge in [-0.3, -0.25) is 19.3 Å². The normalized spacial score (nSPS) is 19.5. The van der Waals surface area contributed by atoms with Gasteiger partial charge in [0.25, 0.3) is 5.91 Å². The second-order valence-electron chi connectivity index (χ2n) is 6.87. The molecule has 2 aliphatic rings. The largest absolute Gasteiger partial charge is 0.481 e. The van der Waals surface area contributed by atoms with E-state index in [1.165, 1.54) is 16.7 Å². The lowest BCUT2D eigenvalue weighted by atomic mass is 9.97. The lowest BCUT2D eigenvalue weighted by Gasteiger charge is -2.30. The number of likely N-dealkylation sites (tertiary alicyclic amines) is 1. The zero-order valence-corrected chi connectivity index (χ0v) is 17.5. The number of nitrogens with zero attached hydrogens (tertiary/aromatic N) is 2. The molecule has 152 valence electrons. The number of hydrogen-bond acceptors (Lipinski definition) is 5. The Labute approximate surface area is 179 Å². The van der Waals surface area contributed by atoms with E-state index in [4.69, 9.17) is 17.3 Å². The van der Waals surface area contributed by atoms with E-state index in [1.807, 2.05) is 42.5 Å². The number of rotatable bonds is 6. The molecular weight excluding hydrogens is 408 g/mol. The number of carboxylic acids is 1. The molecule has 0 radical (unpaired) electrons. The molecule has 6 nitrogen and oxygen atoms in total. The molecule has 0 aliphatic carbocycles. The van der Waals surface area contributed by atoms with Crippen molar-refractivity contribution in [3.8, 4) is 0 Å². The summed E-state index contributed by atoms with van der Waals surface area (Å²) in [7, 11) is 0. The van der Waals surface area contributed by atoms with Crippen molar-refractivity contribution in [1.82, 2.24) is 9.80 Å². The molecule has 2 aliphatic heterocycles. The fourth-order valence-electron chi connectivity index (χ4n) is 3.26. The molecule has 29 heavy (non-hydrogen) atoms. The number of benzene rings is 1. The molecule has 0 atom stereocenters. The van der Waals surface area contributed by atoms with E-state index in [2.05, 4.69) is 0 Å². The van der Waals surface area contributed by atoms with Gasteiger partial charge in [-0.15, -0.1) is 0 Å². The number of thioether (sulfide) groups is 1. The summed E-state index contributed by atoms with van der Waals surface area (Å²) in [6.07, 6.45) is 6.59. The second kappa shape index (κ2) is 9.84. The highest BCUT2D eigenvalue weighted by molar-refractivity contribution is 8.26. The topological polar surface area (TPSA) is 77.9 Å². The fraction of sp³-hybridized carbons (Fsp3) is 0.333. The molecule has 2 saturated heterocycles. The molecule has 0 bridgehead atoms. The van der Waals surface area contributed by atoms with Crippen molar-refractivity contribution in [2.24, 2.45) is 5.92 Å². The van der Waals surface area contributed by atoms with Crippen LogP contribution in [0.15, 0.2) is 47.4 Å². The number of hydrogen-bond donors (Lipinski definition) is 1. The molecule has 1 aromatic rings. The smallest absolute Gasteiger partial charge is 0.306 e. The molecule has 0 spiro atoms. The maximum Gasteiger partial charge on any atom is 0.306 e. The summed E-state index contributed by atoms with van der Waals surface area (Å²) in [4.78, 5) is 39.7. The summed E-state index contributed by atoms with van der Waals surface area (Å²) < 4.78 is 0.451. The van der Waals surface area contributed by atoms with Crippen molar-refractivity contribution in [3.63, 3.8) is 0 Å². The molecule has 1 N–H and O–H groups in total. The Morgan fingerprint density at radius 1 is 1.21 bits per heavy atom. The fourth-order valence-corrected chi connectivity index (χ4v) is 4.52. The molecular formula is C21H22N2O4S2. The highest BCUT2D eigenvalue weighted by Crippen LogP contribution is 2.31. The van der Waals surface area contributed by atoms with Crippen LogP contribution in [0.1, 0.15) is 24.8 Å². The zero-order valence-electron chi connectivity index (χ0n) is 15.8. The van der Waals surface area contributed by atoms with Crippen molar-refractivity contribution in [3.05, 3.63) is 53.0 Å². The predicted octanol–water partition coefficient (Wildman–Crippen LogP) is 3.16. The molecule has 1 aromatic carbocycles. The second-order valence-corrected chi connectivity index (χ2v) is 8.54. The van der Waals surface area contributed by atoms with Crippen molar-refractivity contribution in [2.75, 3.05) is 19.6 Å². The van der Waals surface area contributed by atoms with Gasteiger partial charge < -0.3 is 10.0 Å². The van der Waals surface area contributed by atoms with Crippen molar-refractivity contribution < 1.29 is 19.5 Å². The minimum absolute atomic E-state index is 0.0733. The number of aliphatic carboxylic acids is 1. The van der Waals surface area contributed by atoms with Crippen LogP contribution in [0, 0.1) is 5.92 Å². The average molecular weight is 431 g/mol. The summed E-state index contributed by atoms with van der Waals surface area (Å²) in [6.45, 7) is 1.12. The molecule has 0 saturated carbocycles.